The standard InChI is InChI=1S/C14H16ClFN2/c1-18-8-11(9-2-4-17-5-3-9)10-6-12(15)13(16)7-14(10)18/h6-9,17H,2-5H2,1H3. The fourth-order valence-electron chi connectivity index (χ4n) is 2.87. The van der Waals surface area contributed by atoms with Crippen LogP contribution in [-0.2, 0) is 7.05 Å². The maximum absolute atomic E-state index is 13.5. The van der Waals surface area contributed by atoms with E-state index in [1.807, 2.05) is 11.6 Å². The molecule has 0 spiro atoms. The number of benzene rings is 1. The minimum Gasteiger partial charge on any atom is -0.350 e. The summed E-state index contributed by atoms with van der Waals surface area (Å²) in [5, 5.41) is 4.67. The van der Waals surface area contributed by atoms with Gasteiger partial charge in [-0.3, -0.25) is 0 Å². The molecular formula is C14H16ClFN2. The van der Waals surface area contributed by atoms with Gasteiger partial charge in [-0.1, -0.05) is 11.6 Å². The predicted octanol–water partition coefficient (Wildman–Crippen LogP) is 3.44. The molecule has 1 aliphatic rings. The second-order valence-electron chi connectivity index (χ2n) is 5.00. The van der Waals surface area contributed by atoms with Crippen LogP contribution in [0, 0.1) is 5.82 Å². The highest BCUT2D eigenvalue weighted by Crippen LogP contribution is 2.34. The van der Waals surface area contributed by atoms with Crippen molar-refractivity contribution in [2.45, 2.75) is 18.8 Å². The first-order chi connectivity index (χ1) is 8.66. The van der Waals surface area contributed by atoms with Crippen LogP contribution in [0.4, 0.5) is 4.39 Å². The van der Waals surface area contributed by atoms with Gasteiger partial charge in [0.15, 0.2) is 0 Å². The van der Waals surface area contributed by atoms with Crippen molar-refractivity contribution in [3.05, 3.63) is 34.7 Å². The third kappa shape index (κ3) is 1.91. The number of hydrogen-bond donors (Lipinski definition) is 1. The Kier molecular flexibility index (Phi) is 3.04. The average molecular weight is 267 g/mol. The largest absolute Gasteiger partial charge is 0.350 e. The highest BCUT2D eigenvalue weighted by molar-refractivity contribution is 6.31. The van der Waals surface area contributed by atoms with Crippen molar-refractivity contribution in [1.29, 1.82) is 0 Å². The second-order valence-corrected chi connectivity index (χ2v) is 5.41. The molecule has 0 bridgehead atoms. The number of nitrogens with one attached hydrogen (secondary N) is 1. The van der Waals surface area contributed by atoms with Gasteiger partial charge in [0.25, 0.3) is 0 Å². The monoisotopic (exact) mass is 266 g/mol. The molecule has 1 aromatic carbocycles. The summed E-state index contributed by atoms with van der Waals surface area (Å²) in [5.41, 5.74) is 2.22. The Labute approximate surface area is 111 Å². The molecule has 0 radical (unpaired) electrons. The van der Waals surface area contributed by atoms with Gasteiger partial charge in [0, 0.05) is 18.6 Å². The lowest BCUT2D eigenvalue weighted by molar-refractivity contribution is 0.462. The SMILES string of the molecule is Cn1cc(C2CCNCC2)c2cc(Cl)c(F)cc21. The number of rotatable bonds is 1. The Hall–Kier alpha value is -1.06. The van der Waals surface area contributed by atoms with E-state index >= 15 is 0 Å². The third-order valence-corrected chi connectivity index (χ3v) is 4.13. The molecule has 0 aliphatic carbocycles. The Balaban J connectivity index is 2.14. The molecule has 2 heterocycles. The number of halogens is 2. The second kappa shape index (κ2) is 4.56. The van der Waals surface area contributed by atoms with Crippen molar-refractivity contribution in [2.75, 3.05) is 13.1 Å². The Bertz CT molecular complexity index is 585. The molecule has 0 unspecified atom stereocenters. The van der Waals surface area contributed by atoms with Crippen LogP contribution in [0.25, 0.3) is 10.9 Å². The third-order valence-electron chi connectivity index (χ3n) is 3.84. The van der Waals surface area contributed by atoms with E-state index in [9.17, 15) is 4.39 Å². The summed E-state index contributed by atoms with van der Waals surface area (Å²) in [4.78, 5) is 0. The fraction of sp³-hybridized carbons (Fsp3) is 0.429. The molecule has 0 atom stereocenters. The molecule has 0 saturated carbocycles. The molecule has 2 nitrogen and oxygen atoms in total. The number of piperidine rings is 1. The Morgan fingerprint density at radius 1 is 1.33 bits per heavy atom. The molecular weight excluding hydrogens is 251 g/mol. The van der Waals surface area contributed by atoms with Crippen molar-refractivity contribution in [2.24, 2.45) is 7.05 Å². The smallest absolute Gasteiger partial charge is 0.143 e. The molecule has 1 aliphatic heterocycles. The van der Waals surface area contributed by atoms with E-state index in [1.54, 1.807) is 6.07 Å². The molecule has 1 N–H and O–H groups in total. The maximum Gasteiger partial charge on any atom is 0.143 e. The lowest BCUT2D eigenvalue weighted by Crippen LogP contribution is -2.26. The molecule has 3 rings (SSSR count). The molecule has 2 aromatic rings. The zero-order valence-electron chi connectivity index (χ0n) is 10.3. The van der Waals surface area contributed by atoms with Crippen molar-refractivity contribution in [3.8, 4) is 0 Å². The topological polar surface area (TPSA) is 17.0 Å². The highest BCUT2D eigenvalue weighted by Gasteiger charge is 2.20. The summed E-state index contributed by atoms with van der Waals surface area (Å²) in [6.07, 6.45) is 4.39. The van der Waals surface area contributed by atoms with Crippen LogP contribution in [0.2, 0.25) is 5.02 Å². The summed E-state index contributed by atoms with van der Waals surface area (Å²) in [6.45, 7) is 2.10. The Morgan fingerprint density at radius 3 is 2.78 bits per heavy atom. The molecule has 1 aromatic heterocycles. The minimum absolute atomic E-state index is 0.212. The van der Waals surface area contributed by atoms with Crippen molar-refractivity contribution in [1.82, 2.24) is 9.88 Å². The van der Waals surface area contributed by atoms with E-state index < -0.39 is 0 Å². The van der Waals surface area contributed by atoms with Crippen LogP contribution in [0.5, 0.6) is 0 Å². The van der Waals surface area contributed by atoms with Gasteiger partial charge in [0.2, 0.25) is 0 Å². The lowest BCUT2D eigenvalue weighted by atomic mass is 9.90. The lowest BCUT2D eigenvalue weighted by Gasteiger charge is -2.22. The van der Waals surface area contributed by atoms with Crippen molar-refractivity contribution >= 4 is 22.5 Å². The number of aromatic nitrogens is 1. The van der Waals surface area contributed by atoms with E-state index in [1.165, 1.54) is 11.6 Å². The van der Waals surface area contributed by atoms with Crippen LogP contribution < -0.4 is 5.32 Å². The zero-order chi connectivity index (χ0) is 12.7. The van der Waals surface area contributed by atoms with E-state index in [2.05, 4.69) is 11.5 Å². The number of nitrogens with zero attached hydrogens (tertiary/aromatic N) is 1. The van der Waals surface area contributed by atoms with Gasteiger partial charge in [0.1, 0.15) is 5.82 Å². The summed E-state index contributed by atoms with van der Waals surface area (Å²) >= 11 is 5.91. The highest BCUT2D eigenvalue weighted by atomic mass is 35.5. The summed E-state index contributed by atoms with van der Waals surface area (Å²) in [5.74, 6) is 0.207. The molecule has 1 fully saturated rings. The first kappa shape index (κ1) is 12.0. The summed E-state index contributed by atoms with van der Waals surface area (Å²) < 4.78 is 15.5. The van der Waals surface area contributed by atoms with Gasteiger partial charge in [-0.25, -0.2) is 4.39 Å². The quantitative estimate of drug-likeness (QED) is 0.837. The van der Waals surface area contributed by atoms with E-state index in [4.69, 9.17) is 11.6 Å². The van der Waals surface area contributed by atoms with Gasteiger partial charge >= 0.3 is 0 Å². The van der Waals surface area contributed by atoms with Crippen molar-refractivity contribution in [3.63, 3.8) is 0 Å². The van der Waals surface area contributed by atoms with Gasteiger partial charge in [-0.05, 0) is 49.5 Å². The number of aryl methyl sites for hydroxylation is 1. The van der Waals surface area contributed by atoms with Gasteiger partial charge in [0.05, 0.1) is 10.5 Å². The van der Waals surface area contributed by atoms with Gasteiger partial charge < -0.3 is 9.88 Å². The number of fused-ring (bicyclic) bond motifs is 1. The summed E-state index contributed by atoms with van der Waals surface area (Å²) in [6, 6.07) is 3.30. The van der Waals surface area contributed by atoms with E-state index in [-0.39, 0.29) is 10.8 Å². The van der Waals surface area contributed by atoms with E-state index in [0.29, 0.717) is 5.92 Å². The minimum atomic E-state index is -0.345. The van der Waals surface area contributed by atoms with E-state index in [0.717, 1.165) is 36.8 Å². The summed E-state index contributed by atoms with van der Waals surface area (Å²) in [7, 11) is 1.96. The normalized spacial score (nSPS) is 17.5. The van der Waals surface area contributed by atoms with Crippen molar-refractivity contribution < 1.29 is 4.39 Å². The van der Waals surface area contributed by atoms with Gasteiger partial charge in [-0.2, -0.15) is 0 Å². The van der Waals surface area contributed by atoms with Crippen LogP contribution in [-0.4, -0.2) is 17.7 Å². The molecule has 1 saturated heterocycles. The van der Waals surface area contributed by atoms with Crippen LogP contribution in [0.3, 0.4) is 0 Å². The predicted molar refractivity (Wildman–Crippen MR) is 72.7 cm³/mol. The Morgan fingerprint density at radius 2 is 2.06 bits per heavy atom. The van der Waals surface area contributed by atoms with Crippen LogP contribution in [0.15, 0.2) is 18.3 Å². The number of hydrogen-bond acceptors (Lipinski definition) is 1. The maximum atomic E-state index is 13.5. The first-order valence-corrected chi connectivity index (χ1v) is 6.69. The van der Waals surface area contributed by atoms with Crippen LogP contribution in [0.1, 0.15) is 24.3 Å². The fourth-order valence-corrected chi connectivity index (χ4v) is 3.03. The molecule has 4 heteroatoms. The van der Waals surface area contributed by atoms with Gasteiger partial charge in [-0.15, -0.1) is 0 Å². The zero-order valence-corrected chi connectivity index (χ0v) is 11.1. The van der Waals surface area contributed by atoms with Crippen LogP contribution >= 0.6 is 11.6 Å². The molecule has 18 heavy (non-hydrogen) atoms. The molecule has 96 valence electrons. The molecule has 0 amide bonds. The average Bonchev–Trinajstić information content (AvgIpc) is 2.69. The first-order valence-electron chi connectivity index (χ1n) is 6.31.